The van der Waals surface area contributed by atoms with Crippen molar-refractivity contribution in [1.82, 2.24) is 15.6 Å². The number of amides is 2. The standard InChI is InChI=1S/C20H22FN3O/c1-14-7-2-3-10-17(14)23-20(25)24-19(18-11-4-5-12-22-18)15-8-6-9-16(21)13-15/h2-6,8-9,11-14,17,19H,7,10H2,1H3,(H2,23,24,25)/t14-,17-,19?/m1/s1. The van der Waals surface area contributed by atoms with Gasteiger partial charge in [0, 0.05) is 12.2 Å². The van der Waals surface area contributed by atoms with Crippen LogP contribution in [0.4, 0.5) is 9.18 Å². The first-order valence-corrected chi connectivity index (χ1v) is 8.52. The van der Waals surface area contributed by atoms with Crippen LogP contribution in [0.2, 0.25) is 0 Å². The molecule has 2 amide bonds. The maximum absolute atomic E-state index is 13.6. The summed E-state index contributed by atoms with van der Waals surface area (Å²) in [5.74, 6) is 0.0462. The Morgan fingerprint density at radius 2 is 2.04 bits per heavy atom. The molecule has 3 rings (SSSR count). The molecule has 1 aromatic heterocycles. The third-order valence-electron chi connectivity index (χ3n) is 4.51. The molecule has 5 heteroatoms. The zero-order valence-electron chi connectivity index (χ0n) is 14.2. The van der Waals surface area contributed by atoms with Crippen LogP contribution >= 0.6 is 0 Å². The van der Waals surface area contributed by atoms with E-state index in [-0.39, 0.29) is 17.9 Å². The Kier molecular flexibility index (Phi) is 5.43. The Balaban J connectivity index is 1.78. The smallest absolute Gasteiger partial charge is 0.315 e. The van der Waals surface area contributed by atoms with E-state index in [1.165, 1.54) is 12.1 Å². The third-order valence-corrected chi connectivity index (χ3v) is 4.51. The summed E-state index contributed by atoms with van der Waals surface area (Å²) in [5, 5.41) is 5.97. The number of carbonyl (C=O) groups excluding carboxylic acids is 1. The van der Waals surface area contributed by atoms with Gasteiger partial charge in [0.2, 0.25) is 0 Å². The van der Waals surface area contributed by atoms with Crippen LogP contribution < -0.4 is 10.6 Å². The second-order valence-corrected chi connectivity index (χ2v) is 6.39. The Morgan fingerprint density at radius 3 is 2.76 bits per heavy atom. The highest BCUT2D eigenvalue weighted by Gasteiger charge is 2.23. The molecular formula is C20H22FN3O. The summed E-state index contributed by atoms with van der Waals surface area (Å²) < 4.78 is 13.6. The van der Waals surface area contributed by atoms with E-state index in [2.05, 4.69) is 34.7 Å². The molecule has 1 heterocycles. The van der Waals surface area contributed by atoms with E-state index in [0.29, 0.717) is 17.2 Å². The predicted molar refractivity (Wildman–Crippen MR) is 95.5 cm³/mol. The number of hydrogen-bond donors (Lipinski definition) is 2. The summed E-state index contributed by atoms with van der Waals surface area (Å²) in [6.07, 6.45) is 7.68. The number of carbonyl (C=O) groups is 1. The van der Waals surface area contributed by atoms with Crippen molar-refractivity contribution in [3.05, 3.63) is 77.9 Å². The van der Waals surface area contributed by atoms with E-state index in [0.717, 1.165) is 12.8 Å². The quantitative estimate of drug-likeness (QED) is 0.828. The zero-order chi connectivity index (χ0) is 17.6. The van der Waals surface area contributed by atoms with Gasteiger partial charge >= 0.3 is 6.03 Å². The molecule has 2 N–H and O–H groups in total. The van der Waals surface area contributed by atoms with Crippen LogP contribution in [0.3, 0.4) is 0 Å². The summed E-state index contributed by atoms with van der Waals surface area (Å²) in [7, 11) is 0. The van der Waals surface area contributed by atoms with Crippen LogP contribution in [-0.4, -0.2) is 17.1 Å². The Bertz CT molecular complexity index is 748. The highest BCUT2D eigenvalue weighted by molar-refractivity contribution is 5.75. The molecule has 1 aliphatic carbocycles. The van der Waals surface area contributed by atoms with Crippen molar-refractivity contribution in [2.75, 3.05) is 0 Å². The van der Waals surface area contributed by atoms with Gasteiger partial charge in [0.25, 0.3) is 0 Å². The van der Waals surface area contributed by atoms with E-state index in [1.54, 1.807) is 18.3 Å². The predicted octanol–water partition coefficient (Wildman–Crippen LogP) is 3.96. The molecule has 1 unspecified atom stereocenters. The molecule has 1 aromatic carbocycles. The van der Waals surface area contributed by atoms with Crippen LogP contribution in [-0.2, 0) is 0 Å². The first-order valence-electron chi connectivity index (χ1n) is 8.52. The van der Waals surface area contributed by atoms with Crippen molar-refractivity contribution in [2.24, 2.45) is 5.92 Å². The highest BCUT2D eigenvalue weighted by Crippen LogP contribution is 2.22. The first kappa shape index (κ1) is 17.1. The van der Waals surface area contributed by atoms with Crippen LogP contribution in [0.1, 0.15) is 37.1 Å². The Morgan fingerprint density at radius 1 is 1.20 bits per heavy atom. The molecule has 0 fully saturated rings. The largest absolute Gasteiger partial charge is 0.335 e. The minimum atomic E-state index is -0.508. The van der Waals surface area contributed by atoms with Gasteiger partial charge in [-0.25, -0.2) is 9.18 Å². The van der Waals surface area contributed by atoms with Gasteiger partial charge in [-0.2, -0.15) is 0 Å². The van der Waals surface area contributed by atoms with Gasteiger partial charge in [0.15, 0.2) is 0 Å². The summed E-state index contributed by atoms with van der Waals surface area (Å²) in [6, 6.07) is 11.0. The van der Waals surface area contributed by atoms with Gasteiger partial charge in [-0.1, -0.05) is 37.3 Å². The average molecular weight is 339 g/mol. The molecule has 0 radical (unpaired) electrons. The maximum atomic E-state index is 13.6. The van der Waals surface area contributed by atoms with Gasteiger partial charge in [0.05, 0.1) is 11.7 Å². The van der Waals surface area contributed by atoms with Gasteiger partial charge in [0.1, 0.15) is 5.82 Å². The van der Waals surface area contributed by atoms with Crippen molar-refractivity contribution in [1.29, 1.82) is 0 Å². The molecule has 25 heavy (non-hydrogen) atoms. The molecule has 1 aliphatic rings. The lowest BCUT2D eigenvalue weighted by atomic mass is 9.91. The van der Waals surface area contributed by atoms with E-state index < -0.39 is 6.04 Å². The molecular weight excluding hydrogens is 317 g/mol. The van der Waals surface area contributed by atoms with Crippen molar-refractivity contribution < 1.29 is 9.18 Å². The molecule has 0 saturated carbocycles. The van der Waals surface area contributed by atoms with Gasteiger partial charge in [-0.05, 0) is 48.6 Å². The second kappa shape index (κ2) is 7.92. The third kappa shape index (κ3) is 4.44. The molecule has 4 nitrogen and oxygen atoms in total. The fourth-order valence-corrected chi connectivity index (χ4v) is 3.05. The molecule has 0 aliphatic heterocycles. The lowest BCUT2D eigenvalue weighted by molar-refractivity contribution is 0.229. The summed E-state index contributed by atoms with van der Waals surface area (Å²) in [5.41, 5.74) is 1.32. The number of nitrogens with zero attached hydrogens (tertiary/aromatic N) is 1. The number of hydrogen-bond acceptors (Lipinski definition) is 2. The van der Waals surface area contributed by atoms with Crippen LogP contribution in [0.5, 0.6) is 0 Å². The van der Waals surface area contributed by atoms with Crippen molar-refractivity contribution in [2.45, 2.75) is 31.8 Å². The van der Waals surface area contributed by atoms with Crippen LogP contribution in [0, 0.1) is 11.7 Å². The number of benzene rings is 1. The number of nitrogens with one attached hydrogen (secondary N) is 2. The molecule has 0 spiro atoms. The lowest BCUT2D eigenvalue weighted by Crippen LogP contribution is -2.46. The summed E-state index contributed by atoms with van der Waals surface area (Å²) >= 11 is 0. The highest BCUT2D eigenvalue weighted by atomic mass is 19.1. The zero-order valence-corrected chi connectivity index (χ0v) is 14.2. The normalized spacial score (nSPS) is 20.7. The minimum Gasteiger partial charge on any atom is -0.335 e. The van der Waals surface area contributed by atoms with E-state index in [4.69, 9.17) is 0 Å². The average Bonchev–Trinajstić information content (AvgIpc) is 2.62. The molecule has 0 bridgehead atoms. The molecule has 130 valence electrons. The van der Waals surface area contributed by atoms with E-state index >= 15 is 0 Å². The van der Waals surface area contributed by atoms with Crippen molar-refractivity contribution >= 4 is 6.03 Å². The second-order valence-electron chi connectivity index (χ2n) is 6.39. The van der Waals surface area contributed by atoms with Crippen molar-refractivity contribution in [3.8, 4) is 0 Å². The fraction of sp³-hybridized carbons (Fsp3) is 0.300. The van der Waals surface area contributed by atoms with Gasteiger partial charge < -0.3 is 10.6 Å². The van der Waals surface area contributed by atoms with Crippen LogP contribution in [0.15, 0.2) is 60.8 Å². The van der Waals surface area contributed by atoms with E-state index in [1.807, 2.05) is 18.2 Å². The SMILES string of the molecule is C[C@@H]1CC=CC[C@H]1NC(=O)NC(c1cccc(F)c1)c1ccccn1. The van der Waals surface area contributed by atoms with Crippen LogP contribution in [0.25, 0.3) is 0 Å². The topological polar surface area (TPSA) is 54.0 Å². The summed E-state index contributed by atoms with van der Waals surface area (Å²) in [6.45, 7) is 2.12. The first-order chi connectivity index (χ1) is 12.1. The number of pyridine rings is 1. The number of allylic oxidation sites excluding steroid dienone is 1. The minimum absolute atomic E-state index is 0.0990. The molecule has 0 saturated heterocycles. The number of aromatic nitrogens is 1. The monoisotopic (exact) mass is 339 g/mol. The Labute approximate surface area is 147 Å². The van der Waals surface area contributed by atoms with E-state index in [9.17, 15) is 9.18 Å². The van der Waals surface area contributed by atoms with Crippen molar-refractivity contribution in [3.63, 3.8) is 0 Å². The molecule has 3 atom stereocenters. The van der Waals surface area contributed by atoms with Gasteiger partial charge in [-0.15, -0.1) is 0 Å². The maximum Gasteiger partial charge on any atom is 0.315 e. The number of urea groups is 1. The lowest BCUT2D eigenvalue weighted by Gasteiger charge is -2.27. The molecule has 2 aromatic rings. The van der Waals surface area contributed by atoms with Gasteiger partial charge in [-0.3, -0.25) is 4.98 Å². The number of halogens is 1. The fourth-order valence-electron chi connectivity index (χ4n) is 3.05. The summed E-state index contributed by atoms with van der Waals surface area (Å²) in [4.78, 5) is 16.9. The Hall–Kier alpha value is -2.69. The number of rotatable bonds is 4.